The van der Waals surface area contributed by atoms with Crippen LogP contribution in [0.2, 0.25) is 0 Å². The van der Waals surface area contributed by atoms with Crippen molar-refractivity contribution >= 4 is 17.4 Å². The van der Waals surface area contributed by atoms with E-state index in [1.165, 1.54) is 48.5 Å². The van der Waals surface area contributed by atoms with Crippen LogP contribution in [0.15, 0.2) is 78.0 Å². The second kappa shape index (κ2) is 10.6. The highest BCUT2D eigenvalue weighted by Crippen LogP contribution is 2.16. The lowest BCUT2D eigenvalue weighted by molar-refractivity contribution is -0.384. The van der Waals surface area contributed by atoms with Gasteiger partial charge in [0.05, 0.1) is 12.0 Å². The Morgan fingerprint density at radius 2 is 1.53 bits per heavy atom. The molecule has 0 fully saturated rings. The molecule has 0 amide bonds. The lowest BCUT2D eigenvalue weighted by Gasteiger charge is -2.09. The molecule has 0 aliphatic rings. The van der Waals surface area contributed by atoms with Gasteiger partial charge in [-0.1, -0.05) is 17.3 Å². The number of esters is 1. The van der Waals surface area contributed by atoms with Gasteiger partial charge in [0.25, 0.3) is 5.69 Å². The third-order valence-electron chi connectivity index (χ3n) is 4.40. The van der Waals surface area contributed by atoms with Crippen molar-refractivity contribution in [2.24, 2.45) is 5.16 Å². The molecule has 0 saturated heterocycles. The number of nitro groups is 1. The average molecular weight is 436 g/mol. The van der Waals surface area contributed by atoms with Crippen molar-refractivity contribution in [1.82, 2.24) is 0 Å². The summed E-state index contributed by atoms with van der Waals surface area (Å²) >= 11 is 0. The molecule has 32 heavy (non-hydrogen) atoms. The molecular weight excluding hydrogens is 416 g/mol. The summed E-state index contributed by atoms with van der Waals surface area (Å²) in [6.07, 6.45) is 0. The maximum Gasteiger partial charge on any atom is 0.361 e. The molecule has 9 nitrogen and oxygen atoms in total. The molecule has 1 N–H and O–H groups in total. The standard InChI is InChI=1S/C23H20N2O7/c1-30-21-12-4-17(5-13-21)15-32-24-22(18-6-10-20(26)11-7-18)23(27)31-14-16-2-8-19(9-3-16)25(28)29/h2-13,26H,14-15H2,1H3. The SMILES string of the molecule is COc1ccc(CON=C(C(=O)OCc2ccc([N+](=O)[O-])cc2)c2ccc(O)cc2)cc1. The molecule has 0 aliphatic heterocycles. The van der Waals surface area contributed by atoms with Gasteiger partial charge in [0.1, 0.15) is 24.7 Å². The van der Waals surface area contributed by atoms with Crippen LogP contribution in [0.1, 0.15) is 16.7 Å². The van der Waals surface area contributed by atoms with Crippen LogP contribution in [0.25, 0.3) is 0 Å². The van der Waals surface area contributed by atoms with Gasteiger partial charge in [0.15, 0.2) is 5.71 Å². The monoisotopic (exact) mass is 436 g/mol. The van der Waals surface area contributed by atoms with Crippen LogP contribution >= 0.6 is 0 Å². The first-order valence-corrected chi connectivity index (χ1v) is 9.49. The first-order valence-electron chi connectivity index (χ1n) is 9.49. The zero-order chi connectivity index (χ0) is 22.9. The van der Waals surface area contributed by atoms with Gasteiger partial charge >= 0.3 is 5.97 Å². The molecule has 0 spiro atoms. The Hall–Kier alpha value is -4.40. The Bertz CT molecular complexity index is 1090. The molecule has 3 rings (SSSR count). The van der Waals surface area contributed by atoms with E-state index < -0.39 is 10.9 Å². The first kappa shape index (κ1) is 22.3. The number of non-ortho nitro benzene ring substituents is 1. The van der Waals surface area contributed by atoms with Gasteiger partial charge in [-0.05, 0) is 59.7 Å². The highest BCUT2D eigenvalue weighted by atomic mass is 16.6. The number of aromatic hydroxyl groups is 1. The molecule has 0 heterocycles. The summed E-state index contributed by atoms with van der Waals surface area (Å²) in [5.74, 6) is -0.00729. The summed E-state index contributed by atoms with van der Waals surface area (Å²) in [6, 6.07) is 18.7. The van der Waals surface area contributed by atoms with Crippen LogP contribution in [0, 0.1) is 10.1 Å². The fourth-order valence-corrected chi connectivity index (χ4v) is 2.65. The third kappa shape index (κ3) is 6.05. The van der Waals surface area contributed by atoms with Crippen molar-refractivity contribution in [3.63, 3.8) is 0 Å². The van der Waals surface area contributed by atoms with Crippen LogP contribution in [0.5, 0.6) is 11.5 Å². The first-order chi connectivity index (χ1) is 15.5. The highest BCUT2D eigenvalue weighted by Gasteiger charge is 2.18. The summed E-state index contributed by atoms with van der Waals surface area (Å²) < 4.78 is 10.4. The summed E-state index contributed by atoms with van der Waals surface area (Å²) in [5.41, 5.74) is 1.65. The van der Waals surface area contributed by atoms with Crippen molar-refractivity contribution in [2.75, 3.05) is 7.11 Å². The van der Waals surface area contributed by atoms with Gasteiger partial charge in [-0.2, -0.15) is 0 Å². The number of oxime groups is 1. The summed E-state index contributed by atoms with van der Waals surface area (Å²) in [6.45, 7) is 0.00756. The normalized spacial score (nSPS) is 11.0. The minimum absolute atomic E-state index is 0.0338. The largest absolute Gasteiger partial charge is 0.508 e. The van der Waals surface area contributed by atoms with Crippen molar-refractivity contribution in [3.05, 3.63) is 99.6 Å². The third-order valence-corrected chi connectivity index (χ3v) is 4.40. The van der Waals surface area contributed by atoms with E-state index in [0.717, 1.165) is 5.56 Å². The fourth-order valence-electron chi connectivity index (χ4n) is 2.65. The number of phenolic OH excluding ortho intramolecular Hbond substituents is 1. The Kier molecular flexibility index (Phi) is 7.37. The Balaban J connectivity index is 1.70. The van der Waals surface area contributed by atoms with Crippen LogP contribution in [-0.4, -0.2) is 28.8 Å². The second-order valence-electron chi connectivity index (χ2n) is 6.61. The molecule has 0 saturated carbocycles. The number of ether oxygens (including phenoxy) is 2. The minimum Gasteiger partial charge on any atom is -0.508 e. The van der Waals surface area contributed by atoms with Gasteiger partial charge < -0.3 is 19.4 Å². The average Bonchev–Trinajstić information content (AvgIpc) is 2.82. The van der Waals surface area contributed by atoms with Gasteiger partial charge in [-0.3, -0.25) is 10.1 Å². The second-order valence-corrected chi connectivity index (χ2v) is 6.61. The van der Waals surface area contributed by atoms with Crippen molar-refractivity contribution in [2.45, 2.75) is 13.2 Å². The van der Waals surface area contributed by atoms with Gasteiger partial charge in [0, 0.05) is 17.7 Å². The molecule has 9 heteroatoms. The number of phenols is 1. The van der Waals surface area contributed by atoms with Crippen LogP contribution in [0.4, 0.5) is 5.69 Å². The highest BCUT2D eigenvalue weighted by molar-refractivity contribution is 6.43. The summed E-state index contributed by atoms with van der Waals surface area (Å²) in [5, 5.41) is 24.2. The molecular formula is C23H20N2O7. The molecule has 0 bridgehead atoms. The number of benzene rings is 3. The topological polar surface area (TPSA) is 120 Å². The zero-order valence-electron chi connectivity index (χ0n) is 17.1. The lowest BCUT2D eigenvalue weighted by Crippen LogP contribution is -2.19. The fraction of sp³-hybridized carbons (Fsp3) is 0.130. The predicted molar refractivity (Wildman–Crippen MR) is 115 cm³/mol. The van der Waals surface area contributed by atoms with E-state index in [1.54, 1.807) is 19.2 Å². The number of carbonyl (C=O) groups is 1. The molecule has 0 aliphatic carbocycles. The number of rotatable bonds is 9. The summed E-state index contributed by atoms with van der Waals surface area (Å²) in [7, 11) is 1.57. The smallest absolute Gasteiger partial charge is 0.361 e. The van der Waals surface area contributed by atoms with E-state index in [-0.39, 0.29) is 30.4 Å². The molecule has 0 aromatic heterocycles. The Morgan fingerprint density at radius 3 is 2.12 bits per heavy atom. The summed E-state index contributed by atoms with van der Waals surface area (Å²) in [4.78, 5) is 28.3. The van der Waals surface area contributed by atoms with Crippen molar-refractivity contribution in [3.8, 4) is 11.5 Å². The minimum atomic E-state index is -0.747. The van der Waals surface area contributed by atoms with Crippen molar-refractivity contribution in [1.29, 1.82) is 0 Å². The van der Waals surface area contributed by atoms with E-state index in [4.69, 9.17) is 14.3 Å². The molecule has 0 atom stereocenters. The maximum atomic E-state index is 12.7. The zero-order valence-corrected chi connectivity index (χ0v) is 17.1. The number of hydrogen-bond acceptors (Lipinski definition) is 8. The van der Waals surface area contributed by atoms with Gasteiger partial charge in [-0.15, -0.1) is 0 Å². The van der Waals surface area contributed by atoms with E-state index in [1.807, 2.05) is 12.1 Å². The predicted octanol–water partition coefficient (Wildman–Crippen LogP) is 3.97. The van der Waals surface area contributed by atoms with Crippen LogP contribution in [0.3, 0.4) is 0 Å². The molecule has 3 aromatic rings. The Labute approximate surface area is 183 Å². The van der Waals surface area contributed by atoms with E-state index in [0.29, 0.717) is 16.9 Å². The van der Waals surface area contributed by atoms with Crippen LogP contribution in [-0.2, 0) is 27.6 Å². The lowest BCUT2D eigenvalue weighted by atomic mass is 10.1. The van der Waals surface area contributed by atoms with E-state index in [9.17, 15) is 20.0 Å². The van der Waals surface area contributed by atoms with Crippen LogP contribution < -0.4 is 4.74 Å². The van der Waals surface area contributed by atoms with Gasteiger partial charge in [0.2, 0.25) is 0 Å². The maximum absolute atomic E-state index is 12.7. The Morgan fingerprint density at radius 1 is 0.938 bits per heavy atom. The number of hydrogen-bond donors (Lipinski definition) is 1. The number of nitrogens with zero attached hydrogens (tertiary/aromatic N) is 2. The molecule has 0 unspecified atom stereocenters. The number of methoxy groups -OCH3 is 1. The van der Waals surface area contributed by atoms with Gasteiger partial charge in [-0.25, -0.2) is 4.79 Å². The molecule has 0 radical (unpaired) electrons. The number of nitro benzene ring substituents is 1. The number of carbonyl (C=O) groups excluding carboxylic acids is 1. The quantitative estimate of drug-likeness (QED) is 0.233. The van der Waals surface area contributed by atoms with Crippen molar-refractivity contribution < 1.29 is 29.1 Å². The van der Waals surface area contributed by atoms with E-state index >= 15 is 0 Å². The van der Waals surface area contributed by atoms with E-state index in [2.05, 4.69) is 5.16 Å². The molecule has 164 valence electrons. The molecule has 3 aromatic carbocycles.